The van der Waals surface area contributed by atoms with Gasteiger partial charge in [-0.2, -0.15) is 0 Å². The maximum absolute atomic E-state index is 11.9. The first-order valence-corrected chi connectivity index (χ1v) is 7.53. The first kappa shape index (κ1) is 15.9. The Bertz CT molecular complexity index is 584. The molecule has 2 heterocycles. The molecule has 1 aromatic carbocycles. The lowest BCUT2D eigenvalue weighted by Crippen LogP contribution is -2.39. The minimum atomic E-state index is -0.0449. The topological polar surface area (TPSA) is 66.9 Å². The van der Waals surface area contributed by atoms with Crippen LogP contribution in [-0.2, 0) is 11.3 Å². The van der Waals surface area contributed by atoms with Crippen LogP contribution in [0.15, 0.2) is 30.3 Å². The molecule has 1 unspecified atom stereocenters. The van der Waals surface area contributed by atoms with Gasteiger partial charge in [-0.3, -0.25) is 4.79 Å². The predicted molar refractivity (Wildman–Crippen MR) is 85.5 cm³/mol. The number of benzene rings is 1. The number of hydrogen-bond donors (Lipinski definition) is 2. The van der Waals surface area contributed by atoms with Crippen molar-refractivity contribution in [2.45, 2.75) is 25.4 Å². The number of nitrogens with zero attached hydrogens (tertiary/aromatic N) is 2. The molecule has 2 N–H and O–H groups in total. The molecule has 0 radical (unpaired) electrons. The van der Waals surface area contributed by atoms with E-state index in [1.54, 1.807) is 0 Å². The zero-order valence-electron chi connectivity index (χ0n) is 11.4. The molecule has 1 saturated heterocycles. The van der Waals surface area contributed by atoms with E-state index in [2.05, 4.69) is 20.8 Å². The van der Waals surface area contributed by atoms with Gasteiger partial charge in [0.05, 0.1) is 12.6 Å². The predicted octanol–water partition coefficient (Wildman–Crippen LogP) is 2.00. The summed E-state index contributed by atoms with van der Waals surface area (Å²) in [6.07, 6.45) is 1.98. The molecule has 112 valence electrons. The average Bonchev–Trinajstić information content (AvgIpc) is 3.17. The van der Waals surface area contributed by atoms with Crippen LogP contribution in [0.4, 0.5) is 0 Å². The fraction of sp³-hybridized carbons (Fsp3) is 0.357. The molecule has 0 aliphatic carbocycles. The normalized spacial score (nSPS) is 17.2. The molecular weight excluding hydrogens is 308 g/mol. The molecule has 1 amide bonds. The third kappa shape index (κ3) is 4.00. The van der Waals surface area contributed by atoms with Crippen molar-refractivity contribution in [2.24, 2.45) is 0 Å². The number of carbonyl (C=O) groups is 1. The monoisotopic (exact) mass is 324 g/mol. The van der Waals surface area contributed by atoms with Crippen molar-refractivity contribution in [1.82, 2.24) is 20.8 Å². The lowest BCUT2D eigenvalue weighted by Gasteiger charge is -2.09. The standard InChI is InChI=1S/C14H16N4OS.ClH/c19-13(11-7-4-8-15-11)16-9-12-17-18-14(20-12)10-5-2-1-3-6-10;/h1-3,5-6,11,15H,4,7-9H2,(H,16,19);1H. The van der Waals surface area contributed by atoms with Crippen LogP contribution in [-0.4, -0.2) is 28.7 Å². The fourth-order valence-electron chi connectivity index (χ4n) is 2.22. The summed E-state index contributed by atoms with van der Waals surface area (Å²) < 4.78 is 0. The van der Waals surface area contributed by atoms with E-state index in [9.17, 15) is 4.79 Å². The van der Waals surface area contributed by atoms with Crippen LogP contribution in [0.25, 0.3) is 10.6 Å². The summed E-state index contributed by atoms with van der Waals surface area (Å²) in [6, 6.07) is 9.89. The van der Waals surface area contributed by atoms with E-state index in [-0.39, 0.29) is 24.4 Å². The Hall–Kier alpha value is -1.50. The van der Waals surface area contributed by atoms with Gasteiger partial charge < -0.3 is 10.6 Å². The number of amides is 1. The summed E-state index contributed by atoms with van der Waals surface area (Å²) in [5.41, 5.74) is 1.06. The Morgan fingerprint density at radius 3 is 2.86 bits per heavy atom. The van der Waals surface area contributed by atoms with Crippen LogP contribution in [0.3, 0.4) is 0 Å². The Morgan fingerprint density at radius 2 is 2.14 bits per heavy atom. The number of rotatable bonds is 4. The number of nitrogens with one attached hydrogen (secondary N) is 2. The van der Waals surface area contributed by atoms with Gasteiger partial charge in [-0.1, -0.05) is 41.7 Å². The highest BCUT2D eigenvalue weighted by Gasteiger charge is 2.21. The molecule has 5 nitrogen and oxygen atoms in total. The quantitative estimate of drug-likeness (QED) is 0.902. The van der Waals surface area contributed by atoms with Crippen molar-refractivity contribution in [1.29, 1.82) is 0 Å². The lowest BCUT2D eigenvalue weighted by molar-refractivity contribution is -0.122. The largest absolute Gasteiger partial charge is 0.348 e. The molecule has 3 rings (SSSR count). The van der Waals surface area contributed by atoms with Crippen LogP contribution in [0.2, 0.25) is 0 Å². The molecule has 7 heteroatoms. The number of hydrogen-bond acceptors (Lipinski definition) is 5. The van der Waals surface area contributed by atoms with Gasteiger partial charge in [0.25, 0.3) is 0 Å². The Kier molecular flexibility index (Phi) is 5.67. The average molecular weight is 325 g/mol. The molecule has 0 bridgehead atoms. The van der Waals surface area contributed by atoms with Crippen LogP contribution in [0.1, 0.15) is 17.8 Å². The van der Waals surface area contributed by atoms with Crippen molar-refractivity contribution in [2.75, 3.05) is 6.54 Å². The highest BCUT2D eigenvalue weighted by atomic mass is 35.5. The molecule has 0 spiro atoms. The van der Waals surface area contributed by atoms with E-state index >= 15 is 0 Å². The maximum atomic E-state index is 11.9. The van der Waals surface area contributed by atoms with Gasteiger partial charge in [0, 0.05) is 5.56 Å². The summed E-state index contributed by atoms with van der Waals surface area (Å²) >= 11 is 1.51. The maximum Gasteiger partial charge on any atom is 0.237 e. The van der Waals surface area contributed by atoms with Crippen molar-refractivity contribution in [3.05, 3.63) is 35.3 Å². The fourth-order valence-corrected chi connectivity index (χ4v) is 3.00. The van der Waals surface area contributed by atoms with Crippen LogP contribution in [0.5, 0.6) is 0 Å². The Labute approximate surface area is 133 Å². The first-order valence-electron chi connectivity index (χ1n) is 6.72. The molecule has 1 aromatic heterocycles. The Balaban J connectivity index is 0.00000161. The van der Waals surface area contributed by atoms with Crippen LogP contribution < -0.4 is 10.6 Å². The van der Waals surface area contributed by atoms with E-state index in [0.717, 1.165) is 35.0 Å². The second kappa shape index (κ2) is 7.49. The number of aromatic nitrogens is 2. The molecule has 2 aromatic rings. The molecule has 0 saturated carbocycles. The van der Waals surface area contributed by atoms with Gasteiger partial charge in [0.2, 0.25) is 5.91 Å². The minimum Gasteiger partial charge on any atom is -0.348 e. The van der Waals surface area contributed by atoms with Gasteiger partial charge in [0.15, 0.2) is 0 Å². The summed E-state index contributed by atoms with van der Waals surface area (Å²) in [5.74, 6) is 0.0546. The number of carbonyl (C=O) groups excluding carboxylic acids is 1. The third-order valence-electron chi connectivity index (χ3n) is 3.28. The highest BCUT2D eigenvalue weighted by molar-refractivity contribution is 7.14. The second-order valence-corrected chi connectivity index (χ2v) is 5.80. The first-order chi connectivity index (χ1) is 9.83. The van der Waals surface area contributed by atoms with E-state index in [1.807, 2.05) is 30.3 Å². The SMILES string of the molecule is Cl.O=C(NCc1nnc(-c2ccccc2)s1)C1CCCN1. The third-order valence-corrected chi connectivity index (χ3v) is 4.25. The van der Waals surface area contributed by atoms with E-state index < -0.39 is 0 Å². The zero-order chi connectivity index (χ0) is 13.8. The van der Waals surface area contributed by atoms with Crippen molar-refractivity contribution in [3.8, 4) is 10.6 Å². The molecule has 21 heavy (non-hydrogen) atoms. The van der Waals surface area contributed by atoms with Gasteiger partial charge >= 0.3 is 0 Å². The summed E-state index contributed by atoms with van der Waals surface area (Å²) in [7, 11) is 0. The van der Waals surface area contributed by atoms with Gasteiger partial charge in [-0.05, 0) is 19.4 Å². The van der Waals surface area contributed by atoms with Gasteiger partial charge in [-0.25, -0.2) is 0 Å². The summed E-state index contributed by atoms with van der Waals surface area (Å²) in [6.45, 7) is 1.37. The van der Waals surface area contributed by atoms with Gasteiger partial charge in [-0.15, -0.1) is 22.6 Å². The Morgan fingerprint density at radius 1 is 1.33 bits per heavy atom. The van der Waals surface area contributed by atoms with E-state index in [4.69, 9.17) is 0 Å². The van der Waals surface area contributed by atoms with Crippen LogP contribution >= 0.6 is 23.7 Å². The van der Waals surface area contributed by atoms with Crippen LogP contribution in [0, 0.1) is 0 Å². The van der Waals surface area contributed by atoms with Crippen molar-refractivity contribution in [3.63, 3.8) is 0 Å². The van der Waals surface area contributed by atoms with E-state index in [1.165, 1.54) is 11.3 Å². The van der Waals surface area contributed by atoms with Crippen molar-refractivity contribution >= 4 is 29.7 Å². The molecule has 1 fully saturated rings. The highest BCUT2D eigenvalue weighted by Crippen LogP contribution is 2.22. The molecular formula is C14H17ClN4OS. The summed E-state index contributed by atoms with van der Waals surface area (Å²) in [5, 5.41) is 16.1. The molecule has 1 atom stereocenters. The minimum absolute atomic E-state index is 0. The summed E-state index contributed by atoms with van der Waals surface area (Å²) in [4.78, 5) is 11.9. The van der Waals surface area contributed by atoms with Crippen molar-refractivity contribution < 1.29 is 4.79 Å². The lowest BCUT2D eigenvalue weighted by atomic mass is 10.2. The molecule has 1 aliphatic rings. The number of halogens is 1. The zero-order valence-corrected chi connectivity index (χ0v) is 13.0. The molecule has 1 aliphatic heterocycles. The second-order valence-electron chi connectivity index (χ2n) is 4.73. The van der Waals surface area contributed by atoms with E-state index in [0.29, 0.717) is 6.54 Å². The van der Waals surface area contributed by atoms with Gasteiger partial charge in [0.1, 0.15) is 10.0 Å². The smallest absolute Gasteiger partial charge is 0.237 e.